The lowest BCUT2D eigenvalue weighted by molar-refractivity contribution is 0.103. The maximum atomic E-state index is 12.4. The van der Waals surface area contributed by atoms with Gasteiger partial charge in [0.05, 0.1) is 5.56 Å². The van der Waals surface area contributed by atoms with Crippen LogP contribution in [-0.4, -0.2) is 35.5 Å². The van der Waals surface area contributed by atoms with Crippen molar-refractivity contribution in [3.05, 3.63) is 70.1 Å². The third kappa shape index (κ3) is 4.98. The first-order valence-corrected chi connectivity index (χ1v) is 10.2. The molecule has 2 aromatic rings. The predicted octanol–water partition coefficient (Wildman–Crippen LogP) is 3.96. The van der Waals surface area contributed by atoms with E-state index in [0.717, 1.165) is 36.2 Å². The molecule has 0 bridgehead atoms. The highest BCUT2D eigenvalue weighted by molar-refractivity contribution is 7.16. The maximum absolute atomic E-state index is 12.4. The summed E-state index contributed by atoms with van der Waals surface area (Å²) >= 11 is 1.58. The molecule has 0 saturated heterocycles. The molecule has 0 aromatic carbocycles. The van der Waals surface area contributed by atoms with E-state index in [1.54, 1.807) is 40.6 Å². The van der Waals surface area contributed by atoms with Crippen molar-refractivity contribution in [2.45, 2.75) is 25.7 Å². The molecule has 1 aliphatic carbocycles. The number of allylic oxidation sites excluding steroid dienone is 2. The maximum Gasteiger partial charge on any atom is 0.205 e. The van der Waals surface area contributed by atoms with Crippen molar-refractivity contribution < 1.29 is 9.59 Å². The fourth-order valence-electron chi connectivity index (χ4n) is 3.08. The Morgan fingerprint density at radius 3 is 2.55 bits per heavy atom. The highest BCUT2D eigenvalue weighted by Gasteiger charge is 2.20. The van der Waals surface area contributed by atoms with Gasteiger partial charge in [-0.25, -0.2) is 4.98 Å². The molecule has 0 atom stereocenters. The number of hydrogen-bond donors (Lipinski definition) is 1. The number of nitriles is 1. The van der Waals surface area contributed by atoms with Gasteiger partial charge < -0.3 is 10.2 Å². The number of thiophene rings is 1. The van der Waals surface area contributed by atoms with E-state index in [-0.39, 0.29) is 23.0 Å². The van der Waals surface area contributed by atoms with E-state index in [1.165, 1.54) is 23.2 Å². The number of carbonyl (C=O) groups is 2. The molecular weight excluding hydrogens is 384 g/mol. The second kappa shape index (κ2) is 9.30. The number of anilines is 1. The van der Waals surface area contributed by atoms with Crippen LogP contribution in [0, 0.1) is 11.3 Å². The summed E-state index contributed by atoms with van der Waals surface area (Å²) in [6, 6.07) is 7.07. The van der Waals surface area contributed by atoms with Crippen LogP contribution in [0.2, 0.25) is 0 Å². The first kappa shape index (κ1) is 20.5. The van der Waals surface area contributed by atoms with E-state index in [1.807, 2.05) is 14.1 Å². The van der Waals surface area contributed by atoms with Gasteiger partial charge in [-0.1, -0.05) is 6.07 Å². The summed E-state index contributed by atoms with van der Waals surface area (Å²) in [5.41, 5.74) is 2.23. The van der Waals surface area contributed by atoms with E-state index in [4.69, 9.17) is 0 Å². The molecule has 0 spiro atoms. The van der Waals surface area contributed by atoms with Gasteiger partial charge in [0.2, 0.25) is 11.6 Å². The Kier molecular flexibility index (Phi) is 6.57. The Morgan fingerprint density at radius 1 is 1.17 bits per heavy atom. The Balaban J connectivity index is 1.70. The summed E-state index contributed by atoms with van der Waals surface area (Å²) in [5, 5.41) is 13.3. The third-order valence-corrected chi connectivity index (χ3v) is 5.73. The highest BCUT2D eigenvalue weighted by Crippen LogP contribution is 2.37. The average molecular weight is 407 g/mol. The van der Waals surface area contributed by atoms with Gasteiger partial charge in [0.1, 0.15) is 22.5 Å². The molecule has 148 valence electrons. The summed E-state index contributed by atoms with van der Waals surface area (Å²) in [5.74, 6) is -0.582. The topological polar surface area (TPSA) is 86.1 Å². The van der Waals surface area contributed by atoms with Crippen LogP contribution in [0.4, 0.5) is 5.00 Å². The van der Waals surface area contributed by atoms with E-state index < -0.39 is 0 Å². The fourth-order valence-corrected chi connectivity index (χ4v) is 4.29. The molecule has 0 aliphatic heterocycles. The quantitative estimate of drug-likeness (QED) is 0.553. The number of fused-ring (bicyclic) bond motifs is 1. The van der Waals surface area contributed by atoms with Crippen molar-refractivity contribution in [1.82, 2.24) is 9.88 Å². The Labute approximate surface area is 174 Å². The number of aromatic nitrogens is 1. The molecule has 0 fully saturated rings. The second-order valence-electron chi connectivity index (χ2n) is 6.92. The van der Waals surface area contributed by atoms with Crippen LogP contribution in [0.5, 0.6) is 0 Å². The van der Waals surface area contributed by atoms with Crippen molar-refractivity contribution in [3.63, 3.8) is 0 Å². The molecule has 1 N–H and O–H groups in total. The smallest absolute Gasteiger partial charge is 0.205 e. The lowest BCUT2D eigenvalue weighted by Gasteiger charge is -2.09. The van der Waals surface area contributed by atoms with Crippen molar-refractivity contribution in [2.24, 2.45) is 0 Å². The first-order chi connectivity index (χ1) is 14.0. The van der Waals surface area contributed by atoms with E-state index in [0.29, 0.717) is 5.56 Å². The van der Waals surface area contributed by atoms with Gasteiger partial charge in [0.25, 0.3) is 0 Å². The molecule has 2 heterocycles. The molecule has 6 nitrogen and oxygen atoms in total. The van der Waals surface area contributed by atoms with Gasteiger partial charge in [-0.3, -0.25) is 9.59 Å². The highest BCUT2D eigenvalue weighted by atomic mass is 32.1. The minimum atomic E-state index is -0.316. The van der Waals surface area contributed by atoms with Crippen LogP contribution in [0.3, 0.4) is 0 Å². The SMILES string of the molecule is CN(C)/C=C/C(=O)c1cccc(C(=O)/C=C\Nc2sc3c(c2C#N)CCCC3)n1. The monoisotopic (exact) mass is 406 g/mol. The second-order valence-corrected chi connectivity index (χ2v) is 8.03. The first-order valence-electron chi connectivity index (χ1n) is 9.37. The number of carbonyl (C=O) groups excluding carboxylic acids is 2. The number of nitrogens with one attached hydrogen (secondary N) is 1. The lowest BCUT2D eigenvalue weighted by atomic mass is 9.96. The number of ketones is 2. The molecule has 7 heteroatoms. The molecule has 0 amide bonds. The fraction of sp³-hybridized carbons (Fsp3) is 0.273. The Morgan fingerprint density at radius 2 is 1.86 bits per heavy atom. The average Bonchev–Trinajstić information content (AvgIpc) is 3.09. The number of hydrogen-bond acceptors (Lipinski definition) is 7. The summed E-state index contributed by atoms with van der Waals surface area (Å²) in [6.07, 6.45) is 10.1. The van der Waals surface area contributed by atoms with E-state index >= 15 is 0 Å². The van der Waals surface area contributed by atoms with Crippen molar-refractivity contribution in [2.75, 3.05) is 19.4 Å². The Hall–Kier alpha value is -3.24. The molecule has 3 rings (SSSR count). The zero-order valence-electron chi connectivity index (χ0n) is 16.4. The van der Waals surface area contributed by atoms with Crippen LogP contribution >= 0.6 is 11.3 Å². The van der Waals surface area contributed by atoms with Crippen molar-refractivity contribution in [1.29, 1.82) is 5.26 Å². The Bertz CT molecular complexity index is 1030. The van der Waals surface area contributed by atoms with Crippen LogP contribution in [0.15, 0.2) is 42.8 Å². The minimum Gasteiger partial charge on any atom is -0.383 e. The van der Waals surface area contributed by atoms with Crippen molar-refractivity contribution in [3.8, 4) is 6.07 Å². The van der Waals surface area contributed by atoms with Crippen LogP contribution in [0.25, 0.3) is 0 Å². The standard InChI is InChI=1S/C22H22N4O2S/c1-26(2)13-11-20(28)18-8-5-7-17(25-18)19(27)10-12-24-22-16(14-23)15-6-3-4-9-21(15)29-22/h5,7-8,10-13,24H,3-4,6,9H2,1-2H3/b12-10-,13-11+. The van der Waals surface area contributed by atoms with Gasteiger partial charge in [0, 0.05) is 43.5 Å². The normalized spacial score (nSPS) is 13.3. The van der Waals surface area contributed by atoms with Crippen LogP contribution < -0.4 is 5.32 Å². The summed E-state index contributed by atoms with van der Waals surface area (Å²) in [6.45, 7) is 0. The number of pyridine rings is 1. The zero-order valence-corrected chi connectivity index (χ0v) is 17.3. The molecule has 29 heavy (non-hydrogen) atoms. The largest absolute Gasteiger partial charge is 0.383 e. The van der Waals surface area contributed by atoms with Gasteiger partial charge in [-0.15, -0.1) is 11.3 Å². The van der Waals surface area contributed by atoms with Crippen molar-refractivity contribution >= 4 is 27.9 Å². The molecule has 1 aliphatic rings. The van der Waals surface area contributed by atoms with Crippen LogP contribution in [-0.2, 0) is 12.8 Å². The molecule has 0 unspecified atom stereocenters. The summed E-state index contributed by atoms with van der Waals surface area (Å²) in [4.78, 5) is 31.8. The van der Waals surface area contributed by atoms with Gasteiger partial charge in [-0.05, 0) is 43.4 Å². The summed E-state index contributed by atoms with van der Waals surface area (Å²) in [7, 11) is 3.63. The van der Waals surface area contributed by atoms with Gasteiger partial charge in [-0.2, -0.15) is 5.26 Å². The van der Waals surface area contributed by atoms with Gasteiger partial charge >= 0.3 is 0 Å². The number of nitrogens with zero attached hydrogens (tertiary/aromatic N) is 3. The lowest BCUT2D eigenvalue weighted by Crippen LogP contribution is -2.07. The summed E-state index contributed by atoms with van der Waals surface area (Å²) < 4.78 is 0. The number of aryl methyl sites for hydroxylation is 1. The molecule has 0 radical (unpaired) electrons. The minimum absolute atomic E-state index is 0.193. The van der Waals surface area contributed by atoms with E-state index in [2.05, 4.69) is 16.4 Å². The third-order valence-electron chi connectivity index (χ3n) is 4.51. The van der Waals surface area contributed by atoms with Crippen LogP contribution in [0.1, 0.15) is 49.8 Å². The number of rotatable bonds is 7. The van der Waals surface area contributed by atoms with E-state index in [9.17, 15) is 14.9 Å². The van der Waals surface area contributed by atoms with Gasteiger partial charge in [0.15, 0.2) is 0 Å². The zero-order chi connectivity index (χ0) is 20.8. The molecule has 2 aromatic heterocycles. The molecule has 0 saturated carbocycles. The molecular formula is C22H22N4O2S. The predicted molar refractivity (Wildman–Crippen MR) is 114 cm³/mol.